The van der Waals surface area contributed by atoms with Crippen molar-refractivity contribution >= 4 is 17.2 Å². The summed E-state index contributed by atoms with van der Waals surface area (Å²) in [6.07, 6.45) is 5.51. The van der Waals surface area contributed by atoms with Crippen molar-refractivity contribution < 1.29 is 4.39 Å². The first-order valence-electron chi connectivity index (χ1n) is 7.76. The minimum absolute atomic E-state index is 0.143. The van der Waals surface area contributed by atoms with Crippen molar-refractivity contribution in [3.8, 4) is 0 Å². The predicted molar refractivity (Wildman–Crippen MR) is 87.9 cm³/mol. The lowest BCUT2D eigenvalue weighted by Gasteiger charge is -2.27. The van der Waals surface area contributed by atoms with E-state index in [0.717, 1.165) is 36.3 Å². The molecule has 0 aliphatic carbocycles. The van der Waals surface area contributed by atoms with E-state index in [0.29, 0.717) is 11.3 Å². The molecule has 1 aliphatic heterocycles. The maximum absolute atomic E-state index is 13.7. The van der Waals surface area contributed by atoms with Crippen LogP contribution in [0.5, 0.6) is 0 Å². The van der Waals surface area contributed by atoms with Crippen LogP contribution in [0.25, 0.3) is 5.65 Å². The summed E-state index contributed by atoms with van der Waals surface area (Å²) < 4.78 is 15.4. The summed E-state index contributed by atoms with van der Waals surface area (Å²) in [5.41, 5.74) is 9.27. The van der Waals surface area contributed by atoms with Gasteiger partial charge in [0.1, 0.15) is 11.6 Å². The van der Waals surface area contributed by atoms with Gasteiger partial charge in [0.15, 0.2) is 5.65 Å². The number of nitrogen functional groups attached to an aromatic ring is 1. The number of nitrogens with zero attached hydrogens (tertiary/aromatic N) is 4. The van der Waals surface area contributed by atoms with Crippen molar-refractivity contribution in [2.75, 3.05) is 17.2 Å². The fraction of sp³-hybridized carbons (Fsp3) is 0.294. The van der Waals surface area contributed by atoms with E-state index in [4.69, 9.17) is 5.73 Å². The molecule has 1 aromatic carbocycles. The first kappa shape index (κ1) is 14.0. The van der Waals surface area contributed by atoms with Crippen LogP contribution in [0, 0.1) is 12.7 Å². The molecule has 2 aromatic heterocycles. The summed E-state index contributed by atoms with van der Waals surface area (Å²) in [6.45, 7) is 2.93. The number of hydrogen-bond acceptors (Lipinski definition) is 4. The van der Waals surface area contributed by atoms with Gasteiger partial charge in [0.05, 0.1) is 17.9 Å². The smallest absolute Gasteiger partial charge is 0.180 e. The number of benzene rings is 1. The number of aryl methyl sites for hydroxylation is 1. The molecule has 118 valence electrons. The summed E-state index contributed by atoms with van der Waals surface area (Å²) in [4.78, 5) is 6.88. The van der Waals surface area contributed by atoms with Crippen LogP contribution in [0.3, 0.4) is 0 Å². The third kappa shape index (κ3) is 2.30. The van der Waals surface area contributed by atoms with Gasteiger partial charge >= 0.3 is 0 Å². The third-order valence-electron chi connectivity index (χ3n) is 4.53. The summed E-state index contributed by atoms with van der Waals surface area (Å²) in [6, 6.07) is 7.07. The molecule has 6 heteroatoms. The molecule has 0 amide bonds. The SMILES string of the molecule is Cc1ccc(F)cc1[C@H]1CCCN1c1ccn2ncc(N)c2n1. The second-order valence-corrected chi connectivity index (χ2v) is 6.01. The molecule has 3 heterocycles. The summed E-state index contributed by atoms with van der Waals surface area (Å²) in [7, 11) is 0. The molecule has 1 saturated heterocycles. The lowest BCUT2D eigenvalue weighted by atomic mass is 9.99. The zero-order chi connectivity index (χ0) is 16.0. The lowest BCUT2D eigenvalue weighted by Crippen LogP contribution is -2.24. The van der Waals surface area contributed by atoms with Gasteiger partial charge in [-0.05, 0) is 49.1 Å². The number of halogens is 1. The predicted octanol–water partition coefficient (Wildman–Crippen LogP) is 3.10. The highest BCUT2D eigenvalue weighted by atomic mass is 19.1. The largest absolute Gasteiger partial charge is 0.394 e. The van der Waals surface area contributed by atoms with Crippen LogP contribution in [-0.4, -0.2) is 21.1 Å². The van der Waals surface area contributed by atoms with Crippen LogP contribution in [0.1, 0.15) is 30.0 Å². The van der Waals surface area contributed by atoms with Crippen molar-refractivity contribution in [1.82, 2.24) is 14.6 Å². The van der Waals surface area contributed by atoms with Crippen molar-refractivity contribution in [2.45, 2.75) is 25.8 Å². The number of anilines is 2. The Morgan fingerprint density at radius 2 is 2.17 bits per heavy atom. The Morgan fingerprint density at radius 3 is 3.04 bits per heavy atom. The Hall–Kier alpha value is -2.63. The molecule has 23 heavy (non-hydrogen) atoms. The maximum atomic E-state index is 13.7. The number of nitrogens with two attached hydrogens (primary N) is 1. The van der Waals surface area contributed by atoms with Crippen molar-refractivity contribution in [1.29, 1.82) is 0 Å². The van der Waals surface area contributed by atoms with Crippen molar-refractivity contribution in [3.05, 3.63) is 53.6 Å². The molecule has 5 nitrogen and oxygen atoms in total. The monoisotopic (exact) mass is 311 g/mol. The van der Waals surface area contributed by atoms with Crippen LogP contribution >= 0.6 is 0 Å². The minimum atomic E-state index is -0.194. The Balaban J connectivity index is 1.76. The average molecular weight is 311 g/mol. The number of rotatable bonds is 2. The highest BCUT2D eigenvalue weighted by molar-refractivity contribution is 5.65. The van der Waals surface area contributed by atoms with Gasteiger partial charge in [-0.1, -0.05) is 6.07 Å². The van der Waals surface area contributed by atoms with E-state index < -0.39 is 0 Å². The van der Waals surface area contributed by atoms with Gasteiger partial charge in [0.2, 0.25) is 0 Å². The van der Waals surface area contributed by atoms with E-state index in [1.54, 1.807) is 16.8 Å². The molecule has 1 atom stereocenters. The Bertz CT molecular complexity index is 873. The fourth-order valence-electron chi connectivity index (χ4n) is 3.37. The molecule has 0 bridgehead atoms. The van der Waals surface area contributed by atoms with Gasteiger partial charge in [-0.25, -0.2) is 13.9 Å². The van der Waals surface area contributed by atoms with E-state index in [9.17, 15) is 4.39 Å². The van der Waals surface area contributed by atoms with Crippen LogP contribution < -0.4 is 10.6 Å². The summed E-state index contributed by atoms with van der Waals surface area (Å²) in [5.74, 6) is 0.664. The molecule has 1 aliphatic rings. The first-order chi connectivity index (χ1) is 11.1. The van der Waals surface area contributed by atoms with Crippen LogP contribution in [-0.2, 0) is 0 Å². The molecule has 4 rings (SSSR count). The second-order valence-electron chi connectivity index (χ2n) is 6.01. The van der Waals surface area contributed by atoms with Crippen molar-refractivity contribution in [2.24, 2.45) is 0 Å². The molecule has 1 fully saturated rings. The van der Waals surface area contributed by atoms with E-state index in [1.807, 2.05) is 25.3 Å². The third-order valence-corrected chi connectivity index (χ3v) is 4.53. The molecule has 0 radical (unpaired) electrons. The van der Waals surface area contributed by atoms with Gasteiger partial charge in [-0.2, -0.15) is 5.10 Å². The summed E-state index contributed by atoms with van der Waals surface area (Å²) >= 11 is 0. The Morgan fingerprint density at radius 1 is 1.30 bits per heavy atom. The highest BCUT2D eigenvalue weighted by Crippen LogP contribution is 2.37. The molecule has 2 N–H and O–H groups in total. The lowest BCUT2D eigenvalue weighted by molar-refractivity contribution is 0.616. The summed E-state index contributed by atoms with van der Waals surface area (Å²) in [5, 5.41) is 4.15. The van der Waals surface area contributed by atoms with E-state index >= 15 is 0 Å². The topological polar surface area (TPSA) is 59.5 Å². The normalized spacial score (nSPS) is 18.0. The molecular formula is C17H18FN5. The van der Waals surface area contributed by atoms with Gasteiger partial charge in [0, 0.05) is 12.7 Å². The molecular weight excluding hydrogens is 293 g/mol. The van der Waals surface area contributed by atoms with Gasteiger partial charge in [-0.3, -0.25) is 0 Å². The van der Waals surface area contributed by atoms with E-state index in [-0.39, 0.29) is 11.9 Å². The fourth-order valence-corrected chi connectivity index (χ4v) is 3.37. The van der Waals surface area contributed by atoms with Gasteiger partial charge in [0.25, 0.3) is 0 Å². The molecule has 3 aromatic rings. The standard InChI is InChI=1S/C17H18FN5/c1-11-4-5-12(18)9-13(11)15-3-2-7-22(15)16-6-8-23-17(21-16)14(19)10-20-23/h4-6,8-10,15H,2-3,7,19H2,1H3/t15-/m1/s1. The van der Waals surface area contributed by atoms with Crippen LogP contribution in [0.4, 0.5) is 15.9 Å². The quantitative estimate of drug-likeness (QED) is 0.790. The van der Waals surface area contributed by atoms with Gasteiger partial charge < -0.3 is 10.6 Å². The van der Waals surface area contributed by atoms with Crippen molar-refractivity contribution in [3.63, 3.8) is 0 Å². The van der Waals surface area contributed by atoms with E-state index in [1.165, 1.54) is 6.07 Å². The zero-order valence-corrected chi connectivity index (χ0v) is 12.9. The zero-order valence-electron chi connectivity index (χ0n) is 12.9. The first-order valence-corrected chi connectivity index (χ1v) is 7.76. The molecule has 0 spiro atoms. The number of fused-ring (bicyclic) bond motifs is 1. The van der Waals surface area contributed by atoms with Crippen LogP contribution in [0.2, 0.25) is 0 Å². The van der Waals surface area contributed by atoms with Crippen LogP contribution in [0.15, 0.2) is 36.7 Å². The van der Waals surface area contributed by atoms with E-state index in [2.05, 4.69) is 15.0 Å². The number of hydrogen-bond donors (Lipinski definition) is 1. The highest BCUT2D eigenvalue weighted by Gasteiger charge is 2.28. The number of aromatic nitrogens is 3. The average Bonchev–Trinajstić information content (AvgIpc) is 3.17. The molecule has 0 unspecified atom stereocenters. The Labute approximate surface area is 133 Å². The minimum Gasteiger partial charge on any atom is -0.394 e. The molecule has 0 saturated carbocycles. The maximum Gasteiger partial charge on any atom is 0.180 e. The second kappa shape index (κ2) is 5.22. The Kier molecular flexibility index (Phi) is 3.18. The van der Waals surface area contributed by atoms with Gasteiger partial charge in [-0.15, -0.1) is 0 Å².